The van der Waals surface area contributed by atoms with Gasteiger partial charge in [0.15, 0.2) is 0 Å². The minimum absolute atomic E-state index is 0.231. The molecule has 0 spiro atoms. The van der Waals surface area contributed by atoms with Gasteiger partial charge in [-0.05, 0) is 32.6 Å². The van der Waals surface area contributed by atoms with Crippen LogP contribution in [-0.4, -0.2) is 53.8 Å². The van der Waals surface area contributed by atoms with Gasteiger partial charge in [-0.15, -0.1) is 0 Å². The molecule has 2 aliphatic rings. The van der Waals surface area contributed by atoms with Crippen molar-refractivity contribution in [2.75, 3.05) is 19.6 Å². The van der Waals surface area contributed by atoms with Gasteiger partial charge >= 0.3 is 5.97 Å². The van der Waals surface area contributed by atoms with Crippen LogP contribution in [0.25, 0.3) is 0 Å². The van der Waals surface area contributed by atoms with Gasteiger partial charge in [-0.2, -0.15) is 17.0 Å². The zero-order valence-corrected chi connectivity index (χ0v) is 11.4. The molecule has 0 saturated carbocycles. The van der Waals surface area contributed by atoms with Gasteiger partial charge in [0.1, 0.15) is 0 Å². The van der Waals surface area contributed by atoms with Crippen LogP contribution in [0.4, 0.5) is 0 Å². The van der Waals surface area contributed by atoms with Crippen molar-refractivity contribution in [3.8, 4) is 0 Å². The van der Waals surface area contributed by atoms with Crippen molar-refractivity contribution in [3.63, 3.8) is 0 Å². The molecule has 0 aromatic heterocycles. The maximum Gasteiger partial charge on any atom is 0.306 e. The average molecular weight is 276 g/mol. The zero-order valence-electron chi connectivity index (χ0n) is 10.6. The monoisotopic (exact) mass is 276 g/mol. The quantitative estimate of drug-likeness (QED) is 0.815. The number of carbonyl (C=O) groups is 1. The highest BCUT2D eigenvalue weighted by atomic mass is 32.2. The van der Waals surface area contributed by atoms with Crippen molar-refractivity contribution in [2.24, 2.45) is 5.92 Å². The first-order chi connectivity index (χ1) is 8.43. The molecule has 2 atom stereocenters. The lowest BCUT2D eigenvalue weighted by molar-refractivity contribution is -0.143. The van der Waals surface area contributed by atoms with Gasteiger partial charge in [0.25, 0.3) is 10.2 Å². The highest BCUT2D eigenvalue weighted by Gasteiger charge is 2.39. The summed E-state index contributed by atoms with van der Waals surface area (Å²) in [7, 11) is -3.39. The SMILES string of the molecule is CC1CC(C(=O)O)CCN1S(=O)(=O)N1CCCC1. The number of carboxylic acid groups (broad SMARTS) is 1. The number of rotatable bonds is 3. The highest BCUT2D eigenvalue weighted by Crippen LogP contribution is 2.28. The summed E-state index contributed by atoms with van der Waals surface area (Å²) in [6, 6.07) is -0.231. The van der Waals surface area contributed by atoms with Crippen LogP contribution in [0, 0.1) is 5.92 Å². The van der Waals surface area contributed by atoms with E-state index < -0.39 is 22.1 Å². The number of nitrogens with zero attached hydrogens (tertiary/aromatic N) is 2. The second-order valence-electron chi connectivity index (χ2n) is 5.13. The fourth-order valence-electron chi connectivity index (χ4n) is 2.78. The summed E-state index contributed by atoms with van der Waals surface area (Å²) in [4.78, 5) is 10.9. The molecule has 0 aromatic rings. The van der Waals surface area contributed by atoms with Crippen LogP contribution >= 0.6 is 0 Å². The van der Waals surface area contributed by atoms with Gasteiger partial charge in [-0.25, -0.2) is 0 Å². The van der Waals surface area contributed by atoms with Crippen molar-refractivity contribution >= 4 is 16.2 Å². The first kappa shape index (κ1) is 13.8. The predicted molar refractivity (Wildman–Crippen MR) is 66.3 cm³/mol. The van der Waals surface area contributed by atoms with Gasteiger partial charge in [0.2, 0.25) is 0 Å². The molecule has 2 unspecified atom stereocenters. The summed E-state index contributed by atoms with van der Waals surface area (Å²) in [5, 5.41) is 8.98. The van der Waals surface area contributed by atoms with E-state index in [-0.39, 0.29) is 6.04 Å². The standard InChI is InChI=1S/C11H20N2O4S/c1-9-8-10(11(14)15)4-7-13(9)18(16,17)12-5-2-3-6-12/h9-10H,2-8H2,1H3,(H,14,15). The lowest BCUT2D eigenvalue weighted by Gasteiger charge is -2.37. The number of hydrogen-bond donors (Lipinski definition) is 1. The average Bonchev–Trinajstić information content (AvgIpc) is 2.82. The van der Waals surface area contributed by atoms with E-state index in [1.54, 1.807) is 6.92 Å². The molecule has 0 bridgehead atoms. The van der Waals surface area contributed by atoms with E-state index in [0.717, 1.165) is 12.8 Å². The third-order valence-electron chi connectivity index (χ3n) is 3.85. The summed E-state index contributed by atoms with van der Waals surface area (Å²) < 4.78 is 27.7. The smallest absolute Gasteiger partial charge is 0.306 e. The zero-order chi connectivity index (χ0) is 13.3. The van der Waals surface area contributed by atoms with Gasteiger partial charge in [0, 0.05) is 25.7 Å². The van der Waals surface area contributed by atoms with E-state index in [1.165, 1.54) is 8.61 Å². The molecule has 2 saturated heterocycles. The van der Waals surface area contributed by atoms with Crippen molar-refractivity contribution < 1.29 is 18.3 Å². The molecular weight excluding hydrogens is 256 g/mol. The summed E-state index contributed by atoms with van der Waals surface area (Å²) in [5.41, 5.74) is 0. The Kier molecular flexibility index (Phi) is 3.93. The Hall–Kier alpha value is -0.660. The lowest BCUT2D eigenvalue weighted by Crippen LogP contribution is -2.51. The Morgan fingerprint density at radius 1 is 1.22 bits per heavy atom. The minimum atomic E-state index is -3.39. The molecule has 2 aliphatic heterocycles. The first-order valence-corrected chi connectivity index (χ1v) is 7.82. The van der Waals surface area contributed by atoms with Crippen molar-refractivity contribution in [3.05, 3.63) is 0 Å². The Balaban J connectivity index is 2.08. The molecule has 0 amide bonds. The molecule has 1 N–H and O–H groups in total. The normalized spacial score (nSPS) is 31.6. The van der Waals surface area contributed by atoms with E-state index in [9.17, 15) is 13.2 Å². The maximum atomic E-state index is 12.4. The molecule has 0 radical (unpaired) electrons. The maximum absolute atomic E-state index is 12.4. The van der Waals surface area contributed by atoms with Gasteiger partial charge in [0.05, 0.1) is 5.92 Å². The molecule has 2 fully saturated rings. The number of aliphatic carboxylic acids is 1. The Bertz CT molecular complexity index is 417. The van der Waals surface area contributed by atoms with Crippen LogP contribution in [0.15, 0.2) is 0 Å². The summed E-state index contributed by atoms with van der Waals surface area (Å²) in [6.07, 6.45) is 2.65. The van der Waals surface area contributed by atoms with Crippen LogP contribution < -0.4 is 0 Å². The van der Waals surface area contributed by atoms with E-state index in [4.69, 9.17) is 5.11 Å². The molecule has 2 rings (SSSR count). The van der Waals surface area contributed by atoms with Gasteiger partial charge in [-0.1, -0.05) is 0 Å². The van der Waals surface area contributed by atoms with E-state index in [0.29, 0.717) is 32.5 Å². The highest BCUT2D eigenvalue weighted by molar-refractivity contribution is 7.86. The molecule has 2 heterocycles. The van der Waals surface area contributed by atoms with Crippen molar-refractivity contribution in [1.29, 1.82) is 0 Å². The van der Waals surface area contributed by atoms with Crippen LogP contribution in [0.3, 0.4) is 0 Å². The molecule has 18 heavy (non-hydrogen) atoms. The third kappa shape index (κ3) is 2.53. The molecule has 7 heteroatoms. The van der Waals surface area contributed by atoms with Crippen molar-refractivity contribution in [1.82, 2.24) is 8.61 Å². The van der Waals surface area contributed by atoms with Gasteiger partial charge in [-0.3, -0.25) is 4.79 Å². The Morgan fingerprint density at radius 3 is 2.33 bits per heavy atom. The van der Waals surface area contributed by atoms with Crippen LogP contribution in [0.1, 0.15) is 32.6 Å². The van der Waals surface area contributed by atoms with Crippen LogP contribution in [0.2, 0.25) is 0 Å². The summed E-state index contributed by atoms with van der Waals surface area (Å²) in [6.45, 7) is 3.29. The second-order valence-corrected chi connectivity index (χ2v) is 7.01. The minimum Gasteiger partial charge on any atom is -0.481 e. The summed E-state index contributed by atoms with van der Waals surface area (Å²) in [5.74, 6) is -1.23. The van der Waals surface area contributed by atoms with E-state index in [2.05, 4.69) is 0 Å². The van der Waals surface area contributed by atoms with E-state index in [1.807, 2.05) is 0 Å². The Morgan fingerprint density at radius 2 is 1.83 bits per heavy atom. The molecule has 6 nitrogen and oxygen atoms in total. The number of hydrogen-bond acceptors (Lipinski definition) is 3. The molecule has 0 aliphatic carbocycles. The third-order valence-corrected chi connectivity index (χ3v) is 6.00. The van der Waals surface area contributed by atoms with Crippen molar-refractivity contribution in [2.45, 2.75) is 38.6 Å². The predicted octanol–water partition coefficient (Wildman–Crippen LogP) is 0.512. The van der Waals surface area contributed by atoms with E-state index >= 15 is 0 Å². The largest absolute Gasteiger partial charge is 0.481 e. The molecule has 104 valence electrons. The van der Waals surface area contributed by atoms with Gasteiger partial charge < -0.3 is 5.11 Å². The molecular formula is C11H20N2O4S. The topological polar surface area (TPSA) is 77.9 Å². The molecule has 0 aromatic carbocycles. The van der Waals surface area contributed by atoms with Crippen LogP contribution in [0.5, 0.6) is 0 Å². The summed E-state index contributed by atoms with van der Waals surface area (Å²) >= 11 is 0. The second kappa shape index (κ2) is 5.14. The van der Waals surface area contributed by atoms with Crippen LogP contribution in [-0.2, 0) is 15.0 Å². The number of carboxylic acids is 1. The fourth-order valence-corrected chi connectivity index (χ4v) is 4.68. The number of piperidine rings is 1. The Labute approximate surface area is 108 Å². The fraction of sp³-hybridized carbons (Fsp3) is 0.909. The first-order valence-electron chi connectivity index (χ1n) is 6.42. The lowest BCUT2D eigenvalue weighted by atomic mass is 9.93.